The second-order valence-corrected chi connectivity index (χ2v) is 8.05. The van der Waals surface area contributed by atoms with Crippen molar-refractivity contribution in [3.05, 3.63) is 47.0 Å². The first kappa shape index (κ1) is 19.6. The van der Waals surface area contributed by atoms with Gasteiger partial charge in [-0.3, -0.25) is 4.79 Å². The van der Waals surface area contributed by atoms with Crippen LogP contribution in [0.25, 0.3) is 0 Å². The number of aliphatic hydroxyl groups excluding tert-OH is 1. The molecule has 0 atom stereocenters. The van der Waals surface area contributed by atoms with Crippen molar-refractivity contribution in [2.24, 2.45) is 0 Å². The van der Waals surface area contributed by atoms with Gasteiger partial charge in [0, 0.05) is 18.4 Å². The summed E-state index contributed by atoms with van der Waals surface area (Å²) < 4.78 is 34.9. The van der Waals surface area contributed by atoms with E-state index in [2.05, 4.69) is 5.32 Å². The minimum Gasteiger partial charge on any atom is -0.486 e. The maximum Gasteiger partial charge on any atom is 0.337 e. The number of nitrogens with one attached hydrogen (secondary N) is 1. The van der Waals surface area contributed by atoms with E-state index in [-0.39, 0.29) is 46.4 Å². The lowest BCUT2D eigenvalue weighted by molar-refractivity contribution is 0.0697. The Kier molecular flexibility index (Phi) is 5.25. The number of hydrogen-bond acceptors (Lipinski definition) is 7. The van der Waals surface area contributed by atoms with E-state index in [0.29, 0.717) is 5.56 Å². The first-order valence-corrected chi connectivity index (χ1v) is 10.0. The van der Waals surface area contributed by atoms with E-state index in [0.717, 1.165) is 6.26 Å². The van der Waals surface area contributed by atoms with Gasteiger partial charge in [-0.1, -0.05) is 6.07 Å². The SMILES string of the molecule is CS(=O)(=O)c1cc(CO)ccc1C(=O)Nc1cc2c(cc1C(=O)O)OCCO2. The quantitative estimate of drug-likeness (QED) is 0.674. The van der Waals surface area contributed by atoms with Crippen molar-refractivity contribution in [3.63, 3.8) is 0 Å². The number of hydrogen-bond donors (Lipinski definition) is 3. The molecule has 1 aliphatic rings. The van der Waals surface area contributed by atoms with Gasteiger partial charge in [0.25, 0.3) is 5.91 Å². The Morgan fingerprint density at radius 3 is 2.29 bits per heavy atom. The molecular formula is C18H17NO8S. The highest BCUT2D eigenvalue weighted by molar-refractivity contribution is 7.90. The van der Waals surface area contributed by atoms with Gasteiger partial charge in [-0.15, -0.1) is 0 Å². The molecule has 1 amide bonds. The van der Waals surface area contributed by atoms with E-state index in [1.807, 2.05) is 0 Å². The average Bonchev–Trinajstić information content (AvgIpc) is 2.66. The first-order valence-electron chi connectivity index (χ1n) is 8.13. The van der Waals surface area contributed by atoms with Gasteiger partial charge in [0.15, 0.2) is 21.3 Å². The number of fused-ring (bicyclic) bond motifs is 1. The Balaban J connectivity index is 2.03. The fourth-order valence-electron chi connectivity index (χ4n) is 2.72. The van der Waals surface area contributed by atoms with Crippen LogP contribution in [0.1, 0.15) is 26.3 Å². The second kappa shape index (κ2) is 7.49. The molecule has 0 spiro atoms. The Bertz CT molecular complexity index is 1060. The maximum absolute atomic E-state index is 12.7. The van der Waals surface area contributed by atoms with Crippen LogP contribution in [0, 0.1) is 0 Å². The normalized spacial score (nSPS) is 13.1. The molecule has 2 aromatic carbocycles. The molecular weight excluding hydrogens is 390 g/mol. The van der Waals surface area contributed by atoms with E-state index >= 15 is 0 Å². The first-order chi connectivity index (χ1) is 13.2. The fraction of sp³-hybridized carbons (Fsp3) is 0.222. The zero-order chi connectivity index (χ0) is 20.5. The number of carboxylic acids is 1. The molecule has 0 bridgehead atoms. The van der Waals surface area contributed by atoms with Crippen molar-refractivity contribution >= 4 is 27.4 Å². The molecule has 0 aromatic heterocycles. The number of carboxylic acid groups (broad SMARTS) is 1. The number of aliphatic hydroxyl groups is 1. The number of amides is 1. The number of carbonyl (C=O) groups excluding carboxylic acids is 1. The van der Waals surface area contributed by atoms with E-state index in [1.165, 1.54) is 30.3 Å². The van der Waals surface area contributed by atoms with Crippen molar-refractivity contribution in [1.82, 2.24) is 0 Å². The van der Waals surface area contributed by atoms with Crippen molar-refractivity contribution in [3.8, 4) is 11.5 Å². The molecule has 3 N–H and O–H groups in total. The van der Waals surface area contributed by atoms with Crippen LogP contribution in [0.15, 0.2) is 35.2 Å². The zero-order valence-electron chi connectivity index (χ0n) is 14.8. The molecule has 2 aromatic rings. The lowest BCUT2D eigenvalue weighted by Crippen LogP contribution is -2.20. The van der Waals surface area contributed by atoms with E-state index in [9.17, 15) is 28.2 Å². The summed E-state index contributed by atoms with van der Waals surface area (Å²) in [4.78, 5) is 24.0. The molecule has 0 saturated carbocycles. The van der Waals surface area contributed by atoms with Gasteiger partial charge < -0.3 is 25.0 Å². The lowest BCUT2D eigenvalue weighted by atomic mass is 10.1. The highest BCUT2D eigenvalue weighted by atomic mass is 32.2. The summed E-state index contributed by atoms with van der Waals surface area (Å²) in [6, 6.07) is 6.42. The van der Waals surface area contributed by atoms with Crippen LogP contribution in [0.5, 0.6) is 11.5 Å². The highest BCUT2D eigenvalue weighted by Crippen LogP contribution is 2.36. The van der Waals surface area contributed by atoms with Gasteiger partial charge in [0.05, 0.1) is 28.3 Å². The number of aromatic carboxylic acids is 1. The molecule has 148 valence electrons. The zero-order valence-corrected chi connectivity index (χ0v) is 15.6. The standard InChI is InChI=1S/C18H17NO8S/c1-28(24,25)16-6-10(9-20)2-3-11(16)17(21)19-13-8-15-14(26-4-5-27-15)7-12(13)18(22)23/h2-3,6-8,20H,4-5,9H2,1H3,(H,19,21)(H,22,23). The monoisotopic (exact) mass is 407 g/mol. The third kappa shape index (κ3) is 3.92. The van der Waals surface area contributed by atoms with Gasteiger partial charge in [0.1, 0.15) is 13.2 Å². The van der Waals surface area contributed by atoms with Crippen LogP contribution in [0.3, 0.4) is 0 Å². The Labute approximate surface area is 160 Å². The topological polar surface area (TPSA) is 139 Å². The molecule has 9 nitrogen and oxygen atoms in total. The van der Waals surface area contributed by atoms with Gasteiger partial charge in [0.2, 0.25) is 0 Å². The minimum atomic E-state index is -3.78. The molecule has 0 radical (unpaired) electrons. The van der Waals surface area contributed by atoms with Gasteiger partial charge in [-0.25, -0.2) is 13.2 Å². The summed E-state index contributed by atoms with van der Waals surface area (Å²) in [7, 11) is -3.78. The second-order valence-electron chi connectivity index (χ2n) is 6.06. The molecule has 28 heavy (non-hydrogen) atoms. The van der Waals surface area contributed by atoms with Crippen LogP contribution < -0.4 is 14.8 Å². The summed E-state index contributed by atoms with van der Waals surface area (Å²) in [5, 5.41) is 21.1. The van der Waals surface area contributed by atoms with Crippen molar-refractivity contribution in [1.29, 1.82) is 0 Å². The third-order valence-corrected chi connectivity index (χ3v) is 5.17. The third-order valence-electron chi connectivity index (χ3n) is 4.03. The average molecular weight is 407 g/mol. The molecule has 0 unspecified atom stereocenters. The number of rotatable bonds is 5. The molecule has 10 heteroatoms. The number of benzene rings is 2. The van der Waals surface area contributed by atoms with Gasteiger partial charge in [-0.2, -0.15) is 0 Å². The predicted molar refractivity (Wildman–Crippen MR) is 97.8 cm³/mol. The molecule has 0 saturated heterocycles. The molecule has 0 aliphatic carbocycles. The Morgan fingerprint density at radius 1 is 1.07 bits per heavy atom. The van der Waals surface area contributed by atoms with Gasteiger partial charge in [-0.05, 0) is 17.7 Å². The van der Waals surface area contributed by atoms with E-state index in [4.69, 9.17) is 9.47 Å². The van der Waals surface area contributed by atoms with Crippen molar-refractivity contribution in [2.75, 3.05) is 24.8 Å². The molecule has 0 fully saturated rings. The lowest BCUT2D eigenvalue weighted by Gasteiger charge is -2.20. The maximum atomic E-state index is 12.7. The van der Waals surface area contributed by atoms with Crippen LogP contribution in [-0.4, -0.2) is 50.0 Å². The van der Waals surface area contributed by atoms with Crippen LogP contribution in [0.2, 0.25) is 0 Å². The summed E-state index contributed by atoms with van der Waals surface area (Å²) in [6.07, 6.45) is 0.938. The number of carbonyl (C=O) groups is 2. The Hall–Kier alpha value is -3.11. The summed E-state index contributed by atoms with van der Waals surface area (Å²) in [5.74, 6) is -1.60. The van der Waals surface area contributed by atoms with E-state index in [1.54, 1.807) is 0 Å². The van der Waals surface area contributed by atoms with Crippen LogP contribution >= 0.6 is 0 Å². The summed E-state index contributed by atoms with van der Waals surface area (Å²) >= 11 is 0. The highest BCUT2D eigenvalue weighted by Gasteiger charge is 2.24. The molecule has 1 aliphatic heterocycles. The Morgan fingerprint density at radius 2 is 1.71 bits per heavy atom. The summed E-state index contributed by atoms with van der Waals surface area (Å²) in [6.45, 7) is 0.149. The minimum absolute atomic E-state index is 0.0626. The molecule has 3 rings (SSSR count). The predicted octanol–water partition coefficient (Wildman–Crippen LogP) is 1.30. The fourth-order valence-corrected chi connectivity index (χ4v) is 3.64. The van der Waals surface area contributed by atoms with Crippen LogP contribution in [0.4, 0.5) is 5.69 Å². The smallest absolute Gasteiger partial charge is 0.337 e. The number of ether oxygens (including phenoxy) is 2. The largest absolute Gasteiger partial charge is 0.486 e. The summed E-state index contributed by atoms with van der Waals surface area (Å²) in [5.41, 5.74) is -0.147. The number of sulfone groups is 1. The molecule has 1 heterocycles. The van der Waals surface area contributed by atoms with Gasteiger partial charge >= 0.3 is 5.97 Å². The van der Waals surface area contributed by atoms with Crippen molar-refractivity contribution in [2.45, 2.75) is 11.5 Å². The number of anilines is 1. The van der Waals surface area contributed by atoms with Crippen LogP contribution in [-0.2, 0) is 16.4 Å². The van der Waals surface area contributed by atoms with E-state index < -0.39 is 28.3 Å². The van der Waals surface area contributed by atoms with Crippen molar-refractivity contribution < 1.29 is 37.7 Å².